The highest BCUT2D eigenvalue weighted by Gasteiger charge is 2.44. The Morgan fingerprint density at radius 2 is 1.71 bits per heavy atom. The van der Waals surface area contributed by atoms with E-state index in [1.807, 2.05) is 42.5 Å². The Kier molecular flexibility index (Phi) is 5.12. The molecule has 0 aliphatic carbocycles. The molecule has 4 nitrogen and oxygen atoms in total. The van der Waals surface area contributed by atoms with E-state index in [4.69, 9.17) is 0 Å². The summed E-state index contributed by atoms with van der Waals surface area (Å²) in [5.74, 6) is -1.93. The molecule has 154 valence electrons. The van der Waals surface area contributed by atoms with Gasteiger partial charge in [0.05, 0.1) is 6.04 Å². The highest BCUT2D eigenvalue weighted by molar-refractivity contribution is 9.10. The number of fused-ring (bicyclic) bond motifs is 2. The minimum absolute atomic E-state index is 0.142. The third kappa shape index (κ3) is 3.46. The number of rotatable bonds is 4. The highest BCUT2D eigenvalue weighted by atomic mass is 79.9. The van der Waals surface area contributed by atoms with E-state index >= 15 is 0 Å². The molecule has 1 amide bonds. The summed E-state index contributed by atoms with van der Waals surface area (Å²) in [6.07, 6.45) is 0. The van der Waals surface area contributed by atoms with Crippen LogP contribution < -0.4 is 0 Å². The molecule has 1 aliphatic rings. The fraction of sp³-hybridized carbons (Fsp3) is 0.120. The summed E-state index contributed by atoms with van der Waals surface area (Å²) in [5.41, 5.74) is 2.86. The van der Waals surface area contributed by atoms with Gasteiger partial charge in [-0.2, -0.15) is 0 Å². The molecular weight excluding hydrogens is 474 g/mol. The molecule has 4 aromatic rings. The predicted octanol–water partition coefficient (Wildman–Crippen LogP) is 6.23. The van der Waals surface area contributed by atoms with Gasteiger partial charge in [0.1, 0.15) is 5.92 Å². The standard InChI is InChI=1S/C25H18BrNO3S/c26-17-11-9-15(10-12-17)23-22(25(29)30)19-6-1-2-7-20(19)24(28)27(23)13-16-14-31-21-8-4-3-5-18(16)21/h1-12,14,22-23H,13H2,(H,29,30). The summed E-state index contributed by atoms with van der Waals surface area (Å²) in [5, 5.41) is 13.4. The molecule has 2 heterocycles. The Bertz CT molecular complexity index is 1300. The highest BCUT2D eigenvalue weighted by Crippen LogP contribution is 2.44. The fourth-order valence-electron chi connectivity index (χ4n) is 4.40. The lowest BCUT2D eigenvalue weighted by atomic mass is 9.79. The van der Waals surface area contributed by atoms with Crippen LogP contribution >= 0.6 is 27.3 Å². The second-order valence-corrected chi connectivity index (χ2v) is 9.42. The monoisotopic (exact) mass is 491 g/mol. The lowest BCUT2D eigenvalue weighted by molar-refractivity contribution is -0.140. The molecule has 0 bridgehead atoms. The summed E-state index contributed by atoms with van der Waals surface area (Å²) < 4.78 is 2.05. The van der Waals surface area contributed by atoms with Gasteiger partial charge in [-0.15, -0.1) is 11.3 Å². The summed E-state index contributed by atoms with van der Waals surface area (Å²) in [6, 6.07) is 22.1. The zero-order valence-electron chi connectivity index (χ0n) is 16.4. The van der Waals surface area contributed by atoms with E-state index in [-0.39, 0.29) is 5.91 Å². The Morgan fingerprint density at radius 1 is 1.00 bits per heavy atom. The van der Waals surface area contributed by atoms with Gasteiger partial charge in [0.15, 0.2) is 0 Å². The Hall–Kier alpha value is -2.96. The molecule has 1 aromatic heterocycles. The van der Waals surface area contributed by atoms with Gasteiger partial charge in [-0.05, 0) is 51.7 Å². The van der Waals surface area contributed by atoms with Gasteiger partial charge in [0.2, 0.25) is 0 Å². The number of carbonyl (C=O) groups is 2. The molecule has 2 unspecified atom stereocenters. The average Bonchev–Trinajstić information content (AvgIpc) is 3.19. The molecule has 0 saturated heterocycles. The van der Waals surface area contributed by atoms with Gasteiger partial charge in [-0.25, -0.2) is 0 Å². The third-order valence-corrected chi connectivity index (χ3v) is 7.36. The number of thiophene rings is 1. The maximum absolute atomic E-state index is 13.6. The van der Waals surface area contributed by atoms with Crippen LogP contribution in [0.4, 0.5) is 0 Å². The number of amides is 1. The number of carboxylic acid groups (broad SMARTS) is 1. The lowest BCUT2D eigenvalue weighted by Crippen LogP contribution is -2.44. The van der Waals surface area contributed by atoms with Crippen molar-refractivity contribution in [2.24, 2.45) is 0 Å². The van der Waals surface area contributed by atoms with Gasteiger partial charge in [-0.3, -0.25) is 9.59 Å². The molecule has 1 aliphatic heterocycles. The zero-order chi connectivity index (χ0) is 21.5. The average molecular weight is 492 g/mol. The molecular formula is C25H18BrNO3S. The number of carbonyl (C=O) groups excluding carboxylic acids is 1. The maximum Gasteiger partial charge on any atom is 0.313 e. The van der Waals surface area contributed by atoms with Gasteiger partial charge in [0, 0.05) is 21.3 Å². The summed E-state index contributed by atoms with van der Waals surface area (Å²) >= 11 is 5.08. The van der Waals surface area contributed by atoms with E-state index in [9.17, 15) is 14.7 Å². The lowest BCUT2D eigenvalue weighted by Gasteiger charge is -2.41. The molecule has 5 rings (SSSR count). The van der Waals surface area contributed by atoms with Crippen LogP contribution in [0.1, 0.15) is 39.0 Å². The number of hydrogen-bond acceptors (Lipinski definition) is 3. The Balaban J connectivity index is 1.68. The SMILES string of the molecule is O=C(O)C1c2ccccc2C(=O)N(Cc2csc3ccccc23)C1c1ccc(Br)cc1. The van der Waals surface area contributed by atoms with Crippen molar-refractivity contribution in [2.45, 2.75) is 18.5 Å². The molecule has 2 atom stereocenters. The number of aliphatic carboxylic acids is 1. The first kappa shape index (κ1) is 20.0. The van der Waals surface area contributed by atoms with E-state index in [2.05, 4.69) is 27.4 Å². The summed E-state index contributed by atoms with van der Waals surface area (Å²) in [7, 11) is 0. The van der Waals surface area contributed by atoms with Crippen molar-refractivity contribution in [3.05, 3.63) is 105 Å². The zero-order valence-corrected chi connectivity index (χ0v) is 18.8. The molecule has 6 heteroatoms. The van der Waals surface area contributed by atoms with Crippen LogP contribution in [0.5, 0.6) is 0 Å². The van der Waals surface area contributed by atoms with Crippen molar-refractivity contribution in [2.75, 3.05) is 0 Å². The van der Waals surface area contributed by atoms with Crippen LogP contribution in [0.2, 0.25) is 0 Å². The predicted molar refractivity (Wildman–Crippen MR) is 125 cm³/mol. The van der Waals surface area contributed by atoms with E-state index in [0.29, 0.717) is 17.7 Å². The van der Waals surface area contributed by atoms with Crippen LogP contribution in [-0.2, 0) is 11.3 Å². The van der Waals surface area contributed by atoms with E-state index in [1.54, 1.807) is 40.5 Å². The van der Waals surface area contributed by atoms with Crippen molar-refractivity contribution >= 4 is 49.2 Å². The van der Waals surface area contributed by atoms with Crippen LogP contribution in [0.15, 0.2) is 82.6 Å². The number of carboxylic acids is 1. The topological polar surface area (TPSA) is 57.6 Å². The molecule has 0 spiro atoms. The van der Waals surface area contributed by atoms with Gasteiger partial charge >= 0.3 is 5.97 Å². The van der Waals surface area contributed by atoms with Gasteiger partial charge in [0.25, 0.3) is 5.91 Å². The second-order valence-electron chi connectivity index (χ2n) is 7.59. The van der Waals surface area contributed by atoms with Crippen LogP contribution in [0.3, 0.4) is 0 Å². The fourth-order valence-corrected chi connectivity index (χ4v) is 5.62. The smallest absolute Gasteiger partial charge is 0.313 e. The quantitative estimate of drug-likeness (QED) is 0.368. The van der Waals surface area contributed by atoms with Crippen molar-refractivity contribution in [3.8, 4) is 0 Å². The Morgan fingerprint density at radius 3 is 2.48 bits per heavy atom. The largest absolute Gasteiger partial charge is 0.481 e. The van der Waals surface area contributed by atoms with Crippen LogP contribution in [0, 0.1) is 0 Å². The maximum atomic E-state index is 13.6. The van der Waals surface area contributed by atoms with Gasteiger partial charge < -0.3 is 10.0 Å². The second kappa shape index (κ2) is 7.94. The molecule has 3 aromatic carbocycles. The summed E-state index contributed by atoms with van der Waals surface area (Å²) in [4.78, 5) is 27.8. The van der Waals surface area contributed by atoms with Crippen molar-refractivity contribution in [1.29, 1.82) is 0 Å². The Labute approximate surface area is 191 Å². The number of hydrogen-bond donors (Lipinski definition) is 1. The normalized spacial score (nSPS) is 18.2. The van der Waals surface area contributed by atoms with Crippen molar-refractivity contribution in [1.82, 2.24) is 4.90 Å². The summed E-state index contributed by atoms with van der Waals surface area (Å²) in [6.45, 7) is 0.349. The minimum Gasteiger partial charge on any atom is -0.481 e. The first-order valence-corrected chi connectivity index (χ1v) is 11.5. The van der Waals surface area contributed by atoms with Crippen LogP contribution in [0.25, 0.3) is 10.1 Å². The van der Waals surface area contributed by atoms with E-state index in [1.165, 1.54) is 0 Å². The van der Waals surface area contributed by atoms with Crippen molar-refractivity contribution < 1.29 is 14.7 Å². The van der Waals surface area contributed by atoms with E-state index in [0.717, 1.165) is 25.7 Å². The minimum atomic E-state index is -0.937. The number of benzene rings is 3. The van der Waals surface area contributed by atoms with Crippen LogP contribution in [-0.4, -0.2) is 21.9 Å². The number of nitrogens with zero attached hydrogens (tertiary/aromatic N) is 1. The first-order chi connectivity index (χ1) is 15.0. The molecule has 0 saturated carbocycles. The first-order valence-electron chi connectivity index (χ1n) is 9.88. The van der Waals surface area contributed by atoms with Crippen molar-refractivity contribution in [3.63, 3.8) is 0 Å². The molecule has 31 heavy (non-hydrogen) atoms. The number of halogens is 1. The molecule has 0 fully saturated rings. The van der Waals surface area contributed by atoms with E-state index < -0.39 is 17.9 Å². The van der Waals surface area contributed by atoms with Gasteiger partial charge in [-0.1, -0.05) is 64.5 Å². The molecule has 0 radical (unpaired) electrons. The molecule has 1 N–H and O–H groups in total. The third-order valence-electron chi connectivity index (χ3n) is 5.82.